The molecule has 0 saturated carbocycles. The highest BCUT2D eigenvalue weighted by Crippen LogP contribution is 2.32. The zero-order valence-corrected chi connectivity index (χ0v) is 12.6. The highest BCUT2D eigenvalue weighted by atomic mass is 35.5. The van der Waals surface area contributed by atoms with Crippen molar-refractivity contribution in [1.29, 1.82) is 0 Å². The number of nitrogens with one attached hydrogen (secondary N) is 1. The van der Waals surface area contributed by atoms with Gasteiger partial charge in [-0.05, 0) is 44.3 Å². The molecular weight excluding hydrogens is 268 g/mol. The Morgan fingerprint density at radius 3 is 2.44 bits per heavy atom. The average Bonchev–Trinajstić information content (AvgIpc) is 2.97. The van der Waals surface area contributed by atoms with Gasteiger partial charge < -0.3 is 10.2 Å². The van der Waals surface area contributed by atoms with E-state index in [1.54, 1.807) is 0 Å². The van der Waals surface area contributed by atoms with Crippen LogP contribution in [0.5, 0.6) is 0 Å². The van der Waals surface area contributed by atoms with E-state index in [0.717, 1.165) is 19.3 Å². The Balaban J connectivity index is 0.00000120. The third kappa shape index (κ3) is 2.81. The minimum Gasteiger partial charge on any atom is -0.342 e. The van der Waals surface area contributed by atoms with Gasteiger partial charge in [0.05, 0.1) is 5.25 Å². The van der Waals surface area contributed by atoms with Crippen molar-refractivity contribution in [2.45, 2.75) is 61.9 Å². The smallest absolute Gasteiger partial charge is 0.235 e. The standard InChI is InChI=1S/C13H22N2OS.ClH/c1-15(13(16)12-3-2-6-17-12)11-7-9-4-5-10(8-11)14-9;/h9-12,14H,2-8H2,1H3;1H. The molecule has 3 saturated heterocycles. The third-order valence-corrected chi connectivity index (χ3v) is 5.91. The topological polar surface area (TPSA) is 32.3 Å². The lowest BCUT2D eigenvalue weighted by molar-refractivity contribution is -0.132. The summed E-state index contributed by atoms with van der Waals surface area (Å²) in [6.07, 6.45) is 7.24. The van der Waals surface area contributed by atoms with Crippen LogP contribution < -0.4 is 5.32 Å². The largest absolute Gasteiger partial charge is 0.342 e. The van der Waals surface area contributed by atoms with Gasteiger partial charge in [0.1, 0.15) is 0 Å². The lowest BCUT2D eigenvalue weighted by Gasteiger charge is -2.36. The second-order valence-corrected chi connectivity index (χ2v) is 7.02. The van der Waals surface area contributed by atoms with Crippen LogP contribution in [0.1, 0.15) is 38.5 Å². The summed E-state index contributed by atoms with van der Waals surface area (Å²) in [6.45, 7) is 0. The summed E-state index contributed by atoms with van der Waals surface area (Å²) in [7, 11) is 2.02. The fourth-order valence-electron chi connectivity index (χ4n) is 3.52. The lowest BCUT2D eigenvalue weighted by Crippen LogP contribution is -2.50. The normalized spacial score (nSPS) is 38.3. The Bertz CT molecular complexity index is 297. The first-order valence-electron chi connectivity index (χ1n) is 6.88. The average molecular weight is 291 g/mol. The van der Waals surface area contributed by atoms with E-state index in [9.17, 15) is 4.79 Å². The molecule has 0 aromatic carbocycles. The number of halogens is 1. The molecule has 3 heterocycles. The molecule has 104 valence electrons. The minimum absolute atomic E-state index is 0. The van der Waals surface area contributed by atoms with Crippen molar-refractivity contribution in [2.24, 2.45) is 0 Å². The molecule has 3 aliphatic rings. The molecule has 1 amide bonds. The van der Waals surface area contributed by atoms with E-state index in [4.69, 9.17) is 0 Å². The number of carbonyl (C=O) groups excluding carboxylic acids is 1. The van der Waals surface area contributed by atoms with E-state index >= 15 is 0 Å². The molecule has 0 aromatic rings. The summed E-state index contributed by atoms with van der Waals surface area (Å²) in [5.74, 6) is 1.56. The molecule has 3 unspecified atom stereocenters. The van der Waals surface area contributed by atoms with Gasteiger partial charge in [0.25, 0.3) is 0 Å². The number of thioether (sulfide) groups is 1. The van der Waals surface area contributed by atoms with Crippen molar-refractivity contribution < 1.29 is 4.79 Å². The maximum absolute atomic E-state index is 12.4. The second-order valence-electron chi connectivity index (χ2n) is 5.71. The van der Waals surface area contributed by atoms with E-state index in [1.165, 1.54) is 25.0 Å². The van der Waals surface area contributed by atoms with Gasteiger partial charge in [-0.3, -0.25) is 4.79 Å². The van der Waals surface area contributed by atoms with Gasteiger partial charge in [-0.2, -0.15) is 0 Å². The highest BCUT2D eigenvalue weighted by Gasteiger charge is 2.38. The number of carbonyl (C=O) groups is 1. The first-order valence-corrected chi connectivity index (χ1v) is 7.93. The van der Waals surface area contributed by atoms with Crippen molar-refractivity contribution in [1.82, 2.24) is 10.2 Å². The number of hydrogen-bond donors (Lipinski definition) is 1. The van der Waals surface area contributed by atoms with Gasteiger partial charge in [0.2, 0.25) is 5.91 Å². The number of nitrogens with zero attached hydrogens (tertiary/aromatic N) is 1. The number of piperidine rings is 1. The third-order valence-electron chi connectivity index (χ3n) is 4.55. The van der Waals surface area contributed by atoms with Gasteiger partial charge in [0, 0.05) is 25.2 Å². The zero-order chi connectivity index (χ0) is 11.8. The van der Waals surface area contributed by atoms with Gasteiger partial charge in [0.15, 0.2) is 0 Å². The molecule has 3 aliphatic heterocycles. The quantitative estimate of drug-likeness (QED) is 0.845. The monoisotopic (exact) mass is 290 g/mol. The molecular formula is C13H23ClN2OS. The van der Waals surface area contributed by atoms with Crippen LogP contribution >= 0.6 is 24.2 Å². The van der Waals surface area contributed by atoms with E-state index in [-0.39, 0.29) is 17.7 Å². The maximum Gasteiger partial charge on any atom is 0.235 e. The summed E-state index contributed by atoms with van der Waals surface area (Å²) < 4.78 is 0. The lowest BCUT2D eigenvalue weighted by atomic mass is 9.98. The van der Waals surface area contributed by atoms with Gasteiger partial charge in [-0.1, -0.05) is 0 Å². The summed E-state index contributed by atoms with van der Waals surface area (Å²) in [5.41, 5.74) is 0. The summed E-state index contributed by atoms with van der Waals surface area (Å²) in [6, 6.07) is 1.83. The maximum atomic E-state index is 12.4. The first kappa shape index (κ1) is 14.5. The van der Waals surface area contributed by atoms with Crippen molar-refractivity contribution in [3.05, 3.63) is 0 Å². The molecule has 2 bridgehead atoms. The van der Waals surface area contributed by atoms with Crippen LogP contribution in [0.4, 0.5) is 0 Å². The zero-order valence-electron chi connectivity index (χ0n) is 10.9. The summed E-state index contributed by atoms with van der Waals surface area (Å²) in [4.78, 5) is 14.4. The van der Waals surface area contributed by atoms with Crippen LogP contribution in [0, 0.1) is 0 Å². The summed E-state index contributed by atoms with van der Waals surface area (Å²) >= 11 is 1.85. The van der Waals surface area contributed by atoms with Gasteiger partial charge >= 0.3 is 0 Å². The Morgan fingerprint density at radius 2 is 1.89 bits per heavy atom. The van der Waals surface area contributed by atoms with Crippen molar-refractivity contribution >= 4 is 30.1 Å². The molecule has 3 fully saturated rings. The number of fused-ring (bicyclic) bond motifs is 2. The molecule has 18 heavy (non-hydrogen) atoms. The molecule has 0 spiro atoms. The highest BCUT2D eigenvalue weighted by molar-refractivity contribution is 8.00. The van der Waals surface area contributed by atoms with Crippen molar-refractivity contribution in [3.63, 3.8) is 0 Å². The fraction of sp³-hybridized carbons (Fsp3) is 0.923. The predicted molar refractivity (Wildman–Crippen MR) is 78.5 cm³/mol. The van der Waals surface area contributed by atoms with Gasteiger partial charge in [-0.25, -0.2) is 0 Å². The second kappa shape index (κ2) is 6.02. The number of rotatable bonds is 2. The van der Waals surface area contributed by atoms with Crippen molar-refractivity contribution in [3.8, 4) is 0 Å². The Labute approximate surface area is 120 Å². The summed E-state index contributed by atoms with van der Waals surface area (Å²) in [5, 5.41) is 3.90. The van der Waals surface area contributed by atoms with E-state index in [2.05, 4.69) is 10.2 Å². The molecule has 0 aliphatic carbocycles. The van der Waals surface area contributed by atoms with Crippen LogP contribution in [0.3, 0.4) is 0 Å². The Morgan fingerprint density at radius 1 is 1.22 bits per heavy atom. The van der Waals surface area contributed by atoms with E-state index in [0.29, 0.717) is 24.0 Å². The molecule has 1 N–H and O–H groups in total. The fourth-order valence-corrected chi connectivity index (χ4v) is 4.78. The van der Waals surface area contributed by atoms with E-state index < -0.39 is 0 Å². The van der Waals surface area contributed by atoms with Crippen LogP contribution in [0.15, 0.2) is 0 Å². The van der Waals surface area contributed by atoms with Crippen LogP contribution in [-0.4, -0.2) is 47.0 Å². The predicted octanol–water partition coefficient (Wildman–Crippen LogP) is 2.05. The SMILES string of the molecule is CN(C(=O)C1CCCS1)C1CC2CCC(C1)N2.Cl. The molecule has 5 heteroatoms. The van der Waals surface area contributed by atoms with Crippen LogP contribution in [0.2, 0.25) is 0 Å². The number of hydrogen-bond acceptors (Lipinski definition) is 3. The van der Waals surface area contributed by atoms with E-state index in [1.807, 2.05) is 18.8 Å². The first-order chi connectivity index (χ1) is 8.24. The Kier molecular flexibility index (Phi) is 4.84. The molecule has 3 atom stereocenters. The molecule has 3 nitrogen and oxygen atoms in total. The van der Waals surface area contributed by atoms with Crippen LogP contribution in [-0.2, 0) is 4.79 Å². The van der Waals surface area contributed by atoms with Gasteiger partial charge in [-0.15, -0.1) is 24.2 Å². The Hall–Kier alpha value is 0.0700. The molecule has 0 radical (unpaired) electrons. The molecule has 3 rings (SSSR count). The van der Waals surface area contributed by atoms with Crippen LogP contribution in [0.25, 0.3) is 0 Å². The molecule has 0 aromatic heterocycles. The van der Waals surface area contributed by atoms with Crippen molar-refractivity contribution in [2.75, 3.05) is 12.8 Å². The number of amides is 1. The minimum atomic E-state index is 0.